The number of ether oxygens (including phenoxy) is 2. The Morgan fingerprint density at radius 1 is 1.03 bits per heavy atom. The molecule has 1 N–H and O–H groups in total. The van der Waals surface area contributed by atoms with Crippen LogP contribution in [0.2, 0.25) is 0 Å². The lowest BCUT2D eigenvalue weighted by molar-refractivity contribution is -0.889. The monoisotopic (exact) mass is 505 g/mol. The summed E-state index contributed by atoms with van der Waals surface area (Å²) in [6, 6.07) is -0.711. The van der Waals surface area contributed by atoms with Gasteiger partial charge in [0.25, 0.3) is 0 Å². The fraction of sp³-hybridized carbons (Fsp3) is 0.586. The SMILES string of the molecule is CCCC\C(C)=C/C=C\C=C/C=C\C(C)/C=C(\C)C(=O)OC[C@@H](O)COCC[C@@H](C(=O)[O-])[N+](C)(C)C. The zero-order chi connectivity index (χ0) is 27.6. The van der Waals surface area contributed by atoms with Crippen molar-refractivity contribution in [1.29, 1.82) is 0 Å². The molecular formula is C29H47NO6. The second-order valence-electron chi connectivity index (χ2n) is 10.0. The number of carbonyl (C=O) groups excluding carboxylic acids is 2. The molecule has 36 heavy (non-hydrogen) atoms. The van der Waals surface area contributed by atoms with Crippen LogP contribution in [-0.2, 0) is 19.1 Å². The largest absolute Gasteiger partial charge is 0.544 e. The van der Waals surface area contributed by atoms with Crippen molar-refractivity contribution in [3.63, 3.8) is 0 Å². The van der Waals surface area contributed by atoms with E-state index in [4.69, 9.17) is 9.47 Å². The highest BCUT2D eigenvalue weighted by Crippen LogP contribution is 2.09. The van der Waals surface area contributed by atoms with Crippen molar-refractivity contribution in [2.24, 2.45) is 5.92 Å². The summed E-state index contributed by atoms with van der Waals surface area (Å²) in [6.45, 7) is 7.87. The first-order chi connectivity index (χ1) is 16.9. The molecule has 0 aliphatic rings. The summed E-state index contributed by atoms with van der Waals surface area (Å²) in [6.07, 6.45) is 18.6. The highest BCUT2D eigenvalue weighted by Gasteiger charge is 2.24. The molecule has 204 valence electrons. The number of hydrogen-bond acceptors (Lipinski definition) is 6. The Morgan fingerprint density at radius 2 is 1.67 bits per heavy atom. The van der Waals surface area contributed by atoms with E-state index in [9.17, 15) is 19.8 Å². The van der Waals surface area contributed by atoms with E-state index in [-0.39, 0.29) is 36.6 Å². The zero-order valence-corrected chi connectivity index (χ0v) is 23.2. The number of carboxylic acids is 1. The molecule has 1 unspecified atom stereocenters. The van der Waals surface area contributed by atoms with E-state index in [2.05, 4.69) is 19.9 Å². The summed E-state index contributed by atoms with van der Waals surface area (Å²) in [4.78, 5) is 23.4. The van der Waals surface area contributed by atoms with Crippen LogP contribution in [0.25, 0.3) is 0 Å². The summed E-state index contributed by atoms with van der Waals surface area (Å²) in [5.74, 6) is -1.60. The maximum Gasteiger partial charge on any atom is 0.333 e. The lowest BCUT2D eigenvalue weighted by Crippen LogP contribution is -2.55. The number of aliphatic hydroxyl groups is 1. The van der Waals surface area contributed by atoms with Crippen LogP contribution >= 0.6 is 0 Å². The molecule has 0 saturated carbocycles. The Balaban J connectivity index is 4.36. The van der Waals surface area contributed by atoms with Gasteiger partial charge in [0.2, 0.25) is 0 Å². The summed E-state index contributed by atoms with van der Waals surface area (Å²) in [7, 11) is 5.31. The highest BCUT2D eigenvalue weighted by molar-refractivity contribution is 5.87. The van der Waals surface area contributed by atoms with E-state index in [1.54, 1.807) is 34.1 Å². The second kappa shape index (κ2) is 18.7. The topological polar surface area (TPSA) is 95.9 Å². The number of hydrogen-bond donors (Lipinski definition) is 1. The number of carbonyl (C=O) groups is 2. The third-order valence-electron chi connectivity index (χ3n) is 5.46. The summed E-state index contributed by atoms with van der Waals surface area (Å²) in [5.41, 5.74) is 1.83. The number of nitrogens with zero attached hydrogens (tertiary/aromatic N) is 1. The number of aliphatic carboxylic acids is 1. The van der Waals surface area contributed by atoms with E-state index < -0.39 is 24.1 Å². The minimum Gasteiger partial charge on any atom is -0.544 e. The van der Waals surface area contributed by atoms with Gasteiger partial charge < -0.3 is 29.0 Å². The Kier molecular flexibility index (Phi) is 17.5. The number of aliphatic hydroxyl groups excluding tert-OH is 1. The number of esters is 1. The van der Waals surface area contributed by atoms with Crippen molar-refractivity contribution < 1.29 is 33.8 Å². The van der Waals surface area contributed by atoms with Crippen LogP contribution in [0.4, 0.5) is 0 Å². The number of allylic oxidation sites excluding steroid dienone is 9. The van der Waals surface area contributed by atoms with E-state index in [1.807, 2.05) is 43.4 Å². The van der Waals surface area contributed by atoms with Gasteiger partial charge in [-0.25, -0.2) is 4.79 Å². The van der Waals surface area contributed by atoms with E-state index in [0.717, 1.165) is 6.42 Å². The van der Waals surface area contributed by atoms with Gasteiger partial charge in [-0.1, -0.05) is 74.4 Å². The van der Waals surface area contributed by atoms with Gasteiger partial charge in [0, 0.05) is 12.0 Å². The molecule has 0 aromatic heterocycles. The summed E-state index contributed by atoms with van der Waals surface area (Å²) >= 11 is 0. The molecule has 0 heterocycles. The van der Waals surface area contributed by atoms with Crippen molar-refractivity contribution >= 4 is 11.9 Å². The lowest BCUT2D eigenvalue weighted by atomic mass is 10.1. The normalized spacial score (nSPS) is 16.1. The number of quaternary nitrogens is 1. The smallest absolute Gasteiger partial charge is 0.333 e. The molecule has 0 saturated heterocycles. The van der Waals surface area contributed by atoms with Crippen LogP contribution in [-0.4, -0.2) is 74.6 Å². The van der Waals surface area contributed by atoms with Crippen LogP contribution in [0.3, 0.4) is 0 Å². The van der Waals surface area contributed by atoms with Gasteiger partial charge in [-0.3, -0.25) is 0 Å². The molecular weight excluding hydrogens is 458 g/mol. The fourth-order valence-electron chi connectivity index (χ4n) is 3.28. The first kappa shape index (κ1) is 33.5. The minimum atomic E-state index is -1.14. The maximum atomic E-state index is 12.2. The Morgan fingerprint density at radius 3 is 2.28 bits per heavy atom. The predicted octanol–water partition coefficient (Wildman–Crippen LogP) is 3.51. The first-order valence-electron chi connectivity index (χ1n) is 12.7. The first-order valence-corrected chi connectivity index (χ1v) is 12.7. The average molecular weight is 506 g/mol. The van der Waals surface area contributed by atoms with Crippen LogP contribution in [0, 0.1) is 5.92 Å². The van der Waals surface area contributed by atoms with Gasteiger partial charge in [-0.2, -0.15) is 0 Å². The average Bonchev–Trinajstić information content (AvgIpc) is 2.79. The molecule has 0 fully saturated rings. The zero-order valence-electron chi connectivity index (χ0n) is 23.2. The fourth-order valence-corrected chi connectivity index (χ4v) is 3.28. The molecule has 3 atom stereocenters. The Bertz CT molecular complexity index is 801. The van der Waals surface area contributed by atoms with Crippen molar-refractivity contribution in [2.45, 2.75) is 65.5 Å². The molecule has 0 rings (SSSR count). The van der Waals surface area contributed by atoms with Crippen molar-refractivity contribution in [2.75, 3.05) is 41.0 Å². The molecule has 0 bridgehead atoms. The van der Waals surface area contributed by atoms with Gasteiger partial charge in [-0.15, -0.1) is 0 Å². The lowest BCUT2D eigenvalue weighted by Gasteiger charge is -2.34. The standard InChI is InChI=1S/C29H47NO6/c1-8-9-15-23(2)16-13-11-10-12-14-17-24(3)20-25(4)29(34)36-22-26(31)21-35-19-18-27(28(32)33)30(5,6)7/h10-14,16-17,20,24,26-27,31H,8-9,15,18-19,21-22H2,1-7H3/b12-10-,13-11-,17-14-,23-16-,25-20+/t24?,26-,27-/m0/s1. The van der Waals surface area contributed by atoms with E-state index in [0.29, 0.717) is 5.57 Å². The number of unbranched alkanes of at least 4 members (excludes halogenated alkanes) is 1. The minimum absolute atomic E-state index is 0.0357. The van der Waals surface area contributed by atoms with Crippen LogP contribution in [0.1, 0.15) is 53.4 Å². The Hall–Kier alpha value is -2.48. The Labute approximate surface area is 218 Å². The van der Waals surface area contributed by atoms with Gasteiger partial charge in [-0.05, 0) is 32.6 Å². The molecule has 0 radical (unpaired) electrons. The van der Waals surface area contributed by atoms with Crippen LogP contribution in [0.15, 0.2) is 59.8 Å². The van der Waals surface area contributed by atoms with Crippen LogP contribution < -0.4 is 5.11 Å². The highest BCUT2D eigenvalue weighted by atomic mass is 16.5. The van der Waals surface area contributed by atoms with Crippen molar-refractivity contribution in [3.05, 3.63) is 59.8 Å². The molecule has 7 heteroatoms. The maximum absolute atomic E-state index is 12.2. The van der Waals surface area contributed by atoms with Gasteiger partial charge in [0.15, 0.2) is 0 Å². The summed E-state index contributed by atoms with van der Waals surface area (Å²) < 4.78 is 10.7. The third-order valence-corrected chi connectivity index (χ3v) is 5.46. The second-order valence-corrected chi connectivity index (χ2v) is 10.0. The van der Waals surface area contributed by atoms with Crippen LogP contribution in [0.5, 0.6) is 0 Å². The summed E-state index contributed by atoms with van der Waals surface area (Å²) in [5, 5.41) is 21.2. The van der Waals surface area contributed by atoms with E-state index >= 15 is 0 Å². The van der Waals surface area contributed by atoms with Gasteiger partial charge in [0.1, 0.15) is 18.8 Å². The molecule has 0 aromatic rings. The molecule has 7 nitrogen and oxygen atoms in total. The number of rotatable bonds is 18. The van der Waals surface area contributed by atoms with Gasteiger partial charge >= 0.3 is 5.97 Å². The molecule has 0 aliphatic carbocycles. The van der Waals surface area contributed by atoms with Crippen molar-refractivity contribution in [1.82, 2.24) is 0 Å². The quantitative estimate of drug-likeness (QED) is 0.101. The number of carboxylic acid groups (broad SMARTS) is 1. The molecule has 0 aromatic carbocycles. The number of likely N-dealkylation sites (N-methyl/N-ethyl adjacent to an activating group) is 1. The molecule has 0 aliphatic heterocycles. The van der Waals surface area contributed by atoms with Gasteiger partial charge in [0.05, 0.1) is 40.3 Å². The third kappa shape index (κ3) is 17.0. The molecule has 0 amide bonds. The molecule has 0 spiro atoms. The predicted molar refractivity (Wildman–Crippen MR) is 143 cm³/mol. The van der Waals surface area contributed by atoms with E-state index in [1.165, 1.54) is 18.4 Å². The van der Waals surface area contributed by atoms with Crippen molar-refractivity contribution in [3.8, 4) is 0 Å².